The van der Waals surface area contributed by atoms with E-state index in [0.29, 0.717) is 60.3 Å². The first-order valence-corrected chi connectivity index (χ1v) is 14.9. The molecule has 0 saturated heterocycles. The van der Waals surface area contributed by atoms with Crippen LogP contribution in [0.5, 0.6) is 17.2 Å². The average molecular weight is 582 g/mol. The first kappa shape index (κ1) is 30.1. The summed E-state index contributed by atoms with van der Waals surface area (Å²) >= 11 is 0. The number of carbonyl (C=O) groups is 2. The highest BCUT2D eigenvalue weighted by Gasteiger charge is 2.45. The summed E-state index contributed by atoms with van der Waals surface area (Å²) in [5.74, 6) is 0.140. The number of para-hydroxylation sites is 1. The molecule has 0 spiro atoms. The van der Waals surface area contributed by atoms with E-state index < -0.39 is 11.8 Å². The van der Waals surface area contributed by atoms with Crippen molar-refractivity contribution in [3.8, 4) is 17.2 Å². The summed E-state index contributed by atoms with van der Waals surface area (Å²) in [6, 6.07) is 23.4. The maximum atomic E-state index is 14.1. The molecule has 1 aliphatic carbocycles. The Kier molecular flexibility index (Phi) is 9.60. The van der Waals surface area contributed by atoms with Crippen molar-refractivity contribution < 1.29 is 28.5 Å². The molecule has 1 aliphatic heterocycles. The minimum atomic E-state index is -0.723. The highest BCUT2D eigenvalue weighted by molar-refractivity contribution is 6.09. The van der Waals surface area contributed by atoms with Gasteiger partial charge in [-0.2, -0.15) is 0 Å². The number of aliphatic imine (C=N–C) groups is 1. The van der Waals surface area contributed by atoms with Gasteiger partial charge in [0, 0.05) is 34.9 Å². The van der Waals surface area contributed by atoms with E-state index in [-0.39, 0.29) is 17.7 Å². The van der Waals surface area contributed by atoms with Crippen LogP contribution in [0.15, 0.2) is 89.1 Å². The normalized spacial score (nSPS) is 19.8. The number of allylic oxidation sites excluding steroid dienone is 2. The van der Waals surface area contributed by atoms with Crippen molar-refractivity contribution in [2.75, 3.05) is 20.8 Å². The van der Waals surface area contributed by atoms with E-state index in [1.807, 2.05) is 79.7 Å². The van der Waals surface area contributed by atoms with Gasteiger partial charge in [0.05, 0.1) is 20.8 Å². The Bertz CT molecular complexity index is 1530. The largest absolute Gasteiger partial charge is 0.493 e. The standard InChI is InChI=1S/C36H39NO6/c1-5-6-18-42-36(39)33-23(2)37-28-19-26(25-16-17-31(40-3)32(21-25)41-4)20-29(38)35(28)34(33)27-14-10-11-15-30(27)43-22-24-12-8-7-9-13-24/h7-17,21,26,33-34H,5-6,18-20,22H2,1-4H3. The lowest BCUT2D eigenvalue weighted by molar-refractivity contribution is -0.146. The van der Waals surface area contributed by atoms with E-state index in [0.717, 1.165) is 29.5 Å². The van der Waals surface area contributed by atoms with E-state index in [1.54, 1.807) is 14.2 Å². The van der Waals surface area contributed by atoms with Crippen LogP contribution in [0.1, 0.15) is 68.1 Å². The second-order valence-electron chi connectivity index (χ2n) is 11.0. The highest BCUT2D eigenvalue weighted by Crippen LogP contribution is 2.49. The monoisotopic (exact) mass is 581 g/mol. The van der Waals surface area contributed by atoms with Crippen LogP contribution < -0.4 is 14.2 Å². The maximum Gasteiger partial charge on any atom is 0.315 e. The fraction of sp³-hybridized carbons (Fsp3) is 0.361. The molecule has 1 heterocycles. The molecule has 0 N–H and O–H groups in total. The predicted molar refractivity (Wildman–Crippen MR) is 166 cm³/mol. The van der Waals surface area contributed by atoms with Crippen LogP contribution in [0.2, 0.25) is 0 Å². The van der Waals surface area contributed by atoms with Crippen LogP contribution in [0, 0.1) is 5.92 Å². The quantitative estimate of drug-likeness (QED) is 0.176. The Morgan fingerprint density at radius 1 is 0.907 bits per heavy atom. The summed E-state index contributed by atoms with van der Waals surface area (Å²) in [5, 5.41) is 0. The van der Waals surface area contributed by atoms with Gasteiger partial charge < -0.3 is 18.9 Å². The third-order valence-electron chi connectivity index (χ3n) is 8.25. The number of Topliss-reactive ketones (excluding diaryl/α,β-unsaturated/α-hetero) is 1. The second kappa shape index (κ2) is 13.7. The molecule has 7 nitrogen and oxygen atoms in total. The van der Waals surface area contributed by atoms with Crippen LogP contribution in [0.25, 0.3) is 0 Å². The van der Waals surface area contributed by atoms with Crippen molar-refractivity contribution in [2.24, 2.45) is 10.9 Å². The number of unbranched alkanes of at least 4 members (excludes halogenated alkanes) is 1. The van der Waals surface area contributed by atoms with Gasteiger partial charge in [0.1, 0.15) is 18.3 Å². The van der Waals surface area contributed by atoms with Gasteiger partial charge in [-0.25, -0.2) is 0 Å². The number of carbonyl (C=O) groups excluding carboxylic acids is 2. The minimum absolute atomic E-state index is 0.0218. The van der Waals surface area contributed by atoms with Crippen molar-refractivity contribution in [3.63, 3.8) is 0 Å². The lowest BCUT2D eigenvalue weighted by Crippen LogP contribution is -2.38. The van der Waals surface area contributed by atoms with Gasteiger partial charge in [-0.3, -0.25) is 14.6 Å². The zero-order valence-electron chi connectivity index (χ0n) is 25.3. The SMILES string of the molecule is CCCCOC(=O)C1C(C)=NC2=C(C(=O)CC(c3ccc(OC)c(OC)c3)C2)C1c1ccccc1OCc1ccccc1. The number of hydrogen-bond donors (Lipinski definition) is 0. The Morgan fingerprint density at radius 2 is 1.65 bits per heavy atom. The van der Waals surface area contributed by atoms with Crippen molar-refractivity contribution in [3.05, 3.63) is 101 Å². The molecule has 5 rings (SSSR count). The van der Waals surface area contributed by atoms with Crippen molar-refractivity contribution in [1.82, 2.24) is 0 Å². The van der Waals surface area contributed by atoms with Gasteiger partial charge >= 0.3 is 5.97 Å². The van der Waals surface area contributed by atoms with Crippen LogP contribution in [-0.2, 0) is 20.9 Å². The first-order valence-electron chi connectivity index (χ1n) is 14.9. The minimum Gasteiger partial charge on any atom is -0.493 e. The summed E-state index contributed by atoms with van der Waals surface area (Å²) in [7, 11) is 3.20. The predicted octanol–water partition coefficient (Wildman–Crippen LogP) is 7.20. The van der Waals surface area contributed by atoms with Crippen LogP contribution in [0.4, 0.5) is 0 Å². The molecule has 224 valence electrons. The number of benzene rings is 3. The molecular formula is C36H39NO6. The number of ketones is 1. The lowest BCUT2D eigenvalue weighted by atomic mass is 9.69. The number of methoxy groups -OCH3 is 2. The zero-order chi connectivity index (χ0) is 30.3. The molecule has 0 amide bonds. The van der Waals surface area contributed by atoms with E-state index in [9.17, 15) is 9.59 Å². The Labute approximate surface area is 253 Å². The molecule has 0 radical (unpaired) electrons. The van der Waals surface area contributed by atoms with Gasteiger partial charge in [-0.05, 0) is 55.0 Å². The Hall–Kier alpha value is -4.39. The van der Waals surface area contributed by atoms with Gasteiger partial charge in [0.25, 0.3) is 0 Å². The van der Waals surface area contributed by atoms with Crippen molar-refractivity contribution in [2.45, 2.75) is 58.0 Å². The molecule has 3 unspecified atom stereocenters. The van der Waals surface area contributed by atoms with Gasteiger partial charge in [0.15, 0.2) is 17.3 Å². The molecule has 2 aliphatic rings. The molecule has 3 aromatic rings. The number of rotatable bonds is 11. The molecule has 0 fully saturated rings. The van der Waals surface area contributed by atoms with Crippen LogP contribution in [-0.4, -0.2) is 38.3 Å². The smallest absolute Gasteiger partial charge is 0.315 e. The molecule has 43 heavy (non-hydrogen) atoms. The highest BCUT2D eigenvalue weighted by atomic mass is 16.5. The molecule has 0 saturated carbocycles. The van der Waals surface area contributed by atoms with Gasteiger partial charge in [-0.15, -0.1) is 0 Å². The summed E-state index contributed by atoms with van der Waals surface area (Å²) in [4.78, 5) is 32.7. The van der Waals surface area contributed by atoms with Crippen LogP contribution in [0.3, 0.4) is 0 Å². The number of ether oxygens (including phenoxy) is 4. The van der Waals surface area contributed by atoms with E-state index >= 15 is 0 Å². The van der Waals surface area contributed by atoms with Crippen molar-refractivity contribution >= 4 is 17.5 Å². The summed E-state index contributed by atoms with van der Waals surface area (Å²) in [6.45, 7) is 4.61. The third-order valence-corrected chi connectivity index (χ3v) is 8.25. The van der Waals surface area contributed by atoms with E-state index in [1.165, 1.54) is 0 Å². The fourth-order valence-corrected chi connectivity index (χ4v) is 6.05. The maximum absolute atomic E-state index is 14.1. The molecule has 3 atom stereocenters. The van der Waals surface area contributed by atoms with Gasteiger partial charge in [0.2, 0.25) is 0 Å². The van der Waals surface area contributed by atoms with E-state index in [4.69, 9.17) is 23.9 Å². The number of hydrogen-bond acceptors (Lipinski definition) is 7. The topological polar surface area (TPSA) is 83.4 Å². The van der Waals surface area contributed by atoms with Crippen molar-refractivity contribution in [1.29, 1.82) is 0 Å². The number of esters is 1. The molecule has 0 bridgehead atoms. The molecule has 3 aromatic carbocycles. The molecular weight excluding hydrogens is 542 g/mol. The lowest BCUT2D eigenvalue weighted by Gasteiger charge is -2.37. The number of nitrogens with zero attached hydrogens (tertiary/aromatic N) is 1. The first-order chi connectivity index (χ1) is 20.9. The third kappa shape index (κ3) is 6.51. The summed E-state index contributed by atoms with van der Waals surface area (Å²) < 4.78 is 23.0. The fourth-order valence-electron chi connectivity index (χ4n) is 6.05. The summed E-state index contributed by atoms with van der Waals surface area (Å²) in [6.07, 6.45) is 2.55. The molecule has 0 aromatic heterocycles. The molecule has 7 heteroatoms. The average Bonchev–Trinajstić information content (AvgIpc) is 3.03. The zero-order valence-corrected chi connectivity index (χ0v) is 25.3. The second-order valence-corrected chi connectivity index (χ2v) is 11.0. The Morgan fingerprint density at radius 3 is 2.40 bits per heavy atom. The summed E-state index contributed by atoms with van der Waals surface area (Å²) in [5.41, 5.74) is 4.74. The van der Waals surface area contributed by atoms with Crippen LogP contribution >= 0.6 is 0 Å². The van der Waals surface area contributed by atoms with E-state index in [2.05, 4.69) is 6.92 Å². The Balaban J connectivity index is 1.54. The van der Waals surface area contributed by atoms with Gasteiger partial charge in [-0.1, -0.05) is 67.9 Å².